The van der Waals surface area contributed by atoms with Gasteiger partial charge in [-0.15, -0.1) is 0 Å². The van der Waals surface area contributed by atoms with E-state index in [1.54, 1.807) is 0 Å². The number of aliphatic imine (C=N–C) groups is 1. The van der Waals surface area contributed by atoms with Gasteiger partial charge in [0.1, 0.15) is 0 Å². The van der Waals surface area contributed by atoms with Gasteiger partial charge in [-0.3, -0.25) is 4.99 Å². The second kappa shape index (κ2) is 8.98. The van der Waals surface area contributed by atoms with Gasteiger partial charge < -0.3 is 0 Å². The summed E-state index contributed by atoms with van der Waals surface area (Å²) in [6, 6.07) is 0. The third-order valence-electron chi connectivity index (χ3n) is 2.66. The van der Waals surface area contributed by atoms with Crippen LogP contribution >= 0.6 is 0 Å². The lowest BCUT2D eigenvalue weighted by atomic mass is 10.1. The third-order valence-corrected chi connectivity index (χ3v) is 2.66. The average Bonchev–Trinajstić information content (AvgIpc) is 2.22. The average molecular weight is 193 g/mol. The molecule has 0 atom stereocenters. The predicted molar refractivity (Wildman–Crippen MR) is 64.1 cm³/mol. The number of hydrogen-bond donors (Lipinski definition) is 0. The zero-order valence-electron chi connectivity index (χ0n) is 9.25. The fourth-order valence-corrected chi connectivity index (χ4v) is 1.73. The van der Waals surface area contributed by atoms with Crippen molar-refractivity contribution in [1.29, 1.82) is 0 Å². The number of hydrogen-bond acceptors (Lipinski definition) is 1. The normalized spacial score (nSPS) is 24.0. The maximum absolute atomic E-state index is 4.42. The molecule has 0 fully saturated rings. The van der Waals surface area contributed by atoms with Crippen LogP contribution in [0.15, 0.2) is 17.1 Å². The van der Waals surface area contributed by atoms with E-state index in [9.17, 15) is 0 Å². The first kappa shape index (κ1) is 11.5. The molecule has 0 N–H and O–H groups in total. The summed E-state index contributed by atoms with van der Waals surface area (Å²) in [5.74, 6) is 0. The summed E-state index contributed by atoms with van der Waals surface area (Å²) in [6.45, 7) is 1.05. The quantitative estimate of drug-likeness (QED) is 0.513. The van der Waals surface area contributed by atoms with Gasteiger partial charge in [0.05, 0.1) is 0 Å². The van der Waals surface area contributed by atoms with Crippen LogP contribution < -0.4 is 0 Å². The second-order valence-electron chi connectivity index (χ2n) is 4.05. The Balaban J connectivity index is 2.15. The van der Waals surface area contributed by atoms with E-state index in [0.29, 0.717) is 0 Å². The Morgan fingerprint density at radius 2 is 1.29 bits per heavy atom. The van der Waals surface area contributed by atoms with Crippen LogP contribution in [0, 0.1) is 0 Å². The molecule has 1 aliphatic rings. The standard InChI is InChI=1S/C13H23N/c1-2-4-6-8-10-12-14-13-11-9-7-5-3-1/h1-2,13H,3-12H2/b2-1-,14-13?. The second-order valence-corrected chi connectivity index (χ2v) is 4.05. The van der Waals surface area contributed by atoms with Crippen molar-refractivity contribution in [2.24, 2.45) is 4.99 Å². The molecule has 0 saturated carbocycles. The highest BCUT2D eigenvalue weighted by molar-refractivity contribution is 5.56. The van der Waals surface area contributed by atoms with Crippen LogP contribution in [-0.2, 0) is 0 Å². The van der Waals surface area contributed by atoms with Gasteiger partial charge in [0.2, 0.25) is 0 Å². The monoisotopic (exact) mass is 193 g/mol. The van der Waals surface area contributed by atoms with Crippen LogP contribution in [0.5, 0.6) is 0 Å². The third kappa shape index (κ3) is 6.88. The number of nitrogens with zero attached hydrogens (tertiary/aromatic N) is 1. The summed E-state index contributed by atoms with van der Waals surface area (Å²) >= 11 is 0. The van der Waals surface area contributed by atoms with E-state index < -0.39 is 0 Å². The topological polar surface area (TPSA) is 12.4 Å². The fraction of sp³-hybridized carbons (Fsp3) is 0.769. The van der Waals surface area contributed by atoms with Gasteiger partial charge in [-0.05, 0) is 51.2 Å². The Bertz CT molecular complexity index is 134. The molecule has 0 unspecified atom stereocenters. The minimum Gasteiger partial charge on any atom is -0.298 e. The lowest BCUT2D eigenvalue weighted by molar-refractivity contribution is 0.681. The highest BCUT2D eigenvalue weighted by Crippen LogP contribution is 2.06. The van der Waals surface area contributed by atoms with Crippen molar-refractivity contribution in [1.82, 2.24) is 0 Å². The smallest absolute Gasteiger partial charge is 0.0385 e. The van der Waals surface area contributed by atoms with Crippen molar-refractivity contribution in [2.45, 2.75) is 57.8 Å². The maximum atomic E-state index is 4.42. The first-order valence-electron chi connectivity index (χ1n) is 6.13. The van der Waals surface area contributed by atoms with E-state index in [1.165, 1.54) is 57.8 Å². The molecule has 0 aromatic rings. The molecule has 0 aliphatic carbocycles. The SMILES string of the molecule is C1=NCCCCC/C=C\CCCCC1. The summed E-state index contributed by atoms with van der Waals surface area (Å²) in [6.07, 6.45) is 18.5. The number of rotatable bonds is 0. The van der Waals surface area contributed by atoms with Crippen LogP contribution in [0.2, 0.25) is 0 Å². The van der Waals surface area contributed by atoms with Gasteiger partial charge >= 0.3 is 0 Å². The van der Waals surface area contributed by atoms with E-state index in [2.05, 4.69) is 23.4 Å². The van der Waals surface area contributed by atoms with Crippen LogP contribution in [-0.4, -0.2) is 12.8 Å². The van der Waals surface area contributed by atoms with Gasteiger partial charge in [-0.1, -0.05) is 25.0 Å². The van der Waals surface area contributed by atoms with E-state index in [0.717, 1.165) is 6.54 Å². The number of allylic oxidation sites excluding steroid dienone is 2. The molecule has 14 heavy (non-hydrogen) atoms. The maximum Gasteiger partial charge on any atom is 0.0385 e. The van der Waals surface area contributed by atoms with E-state index in [-0.39, 0.29) is 0 Å². The molecule has 1 aliphatic heterocycles. The van der Waals surface area contributed by atoms with Gasteiger partial charge in [0, 0.05) is 6.54 Å². The van der Waals surface area contributed by atoms with E-state index in [1.807, 2.05) is 0 Å². The van der Waals surface area contributed by atoms with Gasteiger partial charge in [0.15, 0.2) is 0 Å². The molecule has 0 spiro atoms. The summed E-state index contributed by atoms with van der Waals surface area (Å²) in [4.78, 5) is 4.42. The molecule has 0 aromatic heterocycles. The minimum atomic E-state index is 1.05. The lowest BCUT2D eigenvalue weighted by Crippen LogP contribution is -1.85. The van der Waals surface area contributed by atoms with E-state index in [4.69, 9.17) is 0 Å². The molecule has 80 valence electrons. The summed E-state index contributed by atoms with van der Waals surface area (Å²) in [5, 5.41) is 0. The molecule has 0 amide bonds. The van der Waals surface area contributed by atoms with Crippen molar-refractivity contribution in [3.63, 3.8) is 0 Å². The van der Waals surface area contributed by atoms with Gasteiger partial charge in [-0.2, -0.15) is 0 Å². The molecule has 1 rings (SSSR count). The predicted octanol–water partition coefficient (Wildman–Crippen LogP) is 4.14. The van der Waals surface area contributed by atoms with Gasteiger partial charge in [-0.25, -0.2) is 0 Å². The Labute approximate surface area is 88.3 Å². The molecular formula is C13H23N. The van der Waals surface area contributed by atoms with Crippen LogP contribution in [0.25, 0.3) is 0 Å². The van der Waals surface area contributed by atoms with Crippen molar-refractivity contribution < 1.29 is 0 Å². The molecular weight excluding hydrogens is 170 g/mol. The Kier molecular flexibility index (Phi) is 7.37. The van der Waals surface area contributed by atoms with Crippen molar-refractivity contribution in [3.8, 4) is 0 Å². The van der Waals surface area contributed by atoms with Crippen molar-refractivity contribution >= 4 is 6.21 Å². The largest absolute Gasteiger partial charge is 0.298 e. The van der Waals surface area contributed by atoms with Gasteiger partial charge in [0.25, 0.3) is 0 Å². The molecule has 1 heterocycles. The zero-order chi connectivity index (χ0) is 9.90. The Hall–Kier alpha value is -0.590. The van der Waals surface area contributed by atoms with E-state index >= 15 is 0 Å². The first-order valence-corrected chi connectivity index (χ1v) is 6.13. The van der Waals surface area contributed by atoms with Crippen LogP contribution in [0.1, 0.15) is 57.8 Å². The summed E-state index contributed by atoms with van der Waals surface area (Å²) < 4.78 is 0. The van der Waals surface area contributed by atoms with Crippen LogP contribution in [0.3, 0.4) is 0 Å². The van der Waals surface area contributed by atoms with Crippen molar-refractivity contribution in [3.05, 3.63) is 12.2 Å². The Morgan fingerprint density at radius 3 is 2.07 bits per heavy atom. The molecule has 0 bridgehead atoms. The summed E-state index contributed by atoms with van der Waals surface area (Å²) in [7, 11) is 0. The molecule has 0 saturated heterocycles. The van der Waals surface area contributed by atoms with Crippen molar-refractivity contribution in [2.75, 3.05) is 6.54 Å². The molecule has 1 nitrogen and oxygen atoms in total. The van der Waals surface area contributed by atoms with Crippen LogP contribution in [0.4, 0.5) is 0 Å². The highest BCUT2D eigenvalue weighted by atomic mass is 14.7. The lowest BCUT2D eigenvalue weighted by Gasteiger charge is -1.98. The molecule has 0 aromatic carbocycles. The minimum absolute atomic E-state index is 1.05. The zero-order valence-corrected chi connectivity index (χ0v) is 9.25. The highest BCUT2D eigenvalue weighted by Gasteiger charge is 1.89. The molecule has 1 heteroatoms. The summed E-state index contributed by atoms with van der Waals surface area (Å²) in [5.41, 5.74) is 0. The molecule has 0 radical (unpaired) electrons. The fourth-order valence-electron chi connectivity index (χ4n) is 1.73. The Morgan fingerprint density at radius 1 is 0.643 bits per heavy atom. The first-order chi connectivity index (χ1) is 7.00.